The standard InChI is InChI=1S/C19H16BrFN4OS/c1-11-18(23-24-25(11)14-4-2-3-12(20)9-14)19(26)22-16-7-8-27-17-6-5-13(21)10-15(16)17/h2-6,9-10,16H,7-8H2,1H3,(H,22,26). The van der Waals surface area contributed by atoms with Crippen LogP contribution in [0.2, 0.25) is 0 Å². The van der Waals surface area contributed by atoms with Crippen LogP contribution in [0.3, 0.4) is 0 Å². The Balaban J connectivity index is 1.59. The van der Waals surface area contributed by atoms with Crippen LogP contribution < -0.4 is 5.32 Å². The molecule has 2 heterocycles. The van der Waals surface area contributed by atoms with Gasteiger partial charge in [0, 0.05) is 15.1 Å². The Morgan fingerprint density at radius 2 is 2.19 bits per heavy atom. The van der Waals surface area contributed by atoms with Crippen LogP contribution in [-0.4, -0.2) is 26.7 Å². The van der Waals surface area contributed by atoms with Gasteiger partial charge in [-0.15, -0.1) is 16.9 Å². The molecule has 1 aromatic heterocycles. The van der Waals surface area contributed by atoms with Crippen molar-refractivity contribution in [1.82, 2.24) is 20.3 Å². The Morgan fingerprint density at radius 1 is 1.33 bits per heavy atom. The molecule has 1 aliphatic heterocycles. The Hall–Kier alpha value is -2.19. The second kappa shape index (κ2) is 7.44. The summed E-state index contributed by atoms with van der Waals surface area (Å²) in [6, 6.07) is 12.1. The fraction of sp³-hybridized carbons (Fsp3) is 0.211. The third kappa shape index (κ3) is 3.64. The number of nitrogens with zero attached hydrogens (tertiary/aromatic N) is 3. The minimum absolute atomic E-state index is 0.236. The van der Waals surface area contributed by atoms with Crippen molar-refractivity contribution in [2.45, 2.75) is 24.3 Å². The first-order valence-corrected chi connectivity index (χ1v) is 10.2. The van der Waals surface area contributed by atoms with E-state index in [4.69, 9.17) is 0 Å². The highest BCUT2D eigenvalue weighted by Crippen LogP contribution is 2.36. The van der Waals surface area contributed by atoms with Crippen LogP contribution in [-0.2, 0) is 0 Å². The molecule has 5 nitrogen and oxygen atoms in total. The van der Waals surface area contributed by atoms with Gasteiger partial charge in [-0.3, -0.25) is 4.79 Å². The summed E-state index contributed by atoms with van der Waals surface area (Å²) < 4.78 is 16.2. The number of carbonyl (C=O) groups excluding carboxylic acids is 1. The van der Waals surface area contributed by atoms with Gasteiger partial charge in [-0.2, -0.15) is 0 Å². The summed E-state index contributed by atoms with van der Waals surface area (Å²) in [6.45, 7) is 1.81. The van der Waals surface area contributed by atoms with Crippen molar-refractivity contribution in [3.8, 4) is 5.69 Å². The number of aromatic nitrogens is 3. The van der Waals surface area contributed by atoms with E-state index in [1.165, 1.54) is 12.1 Å². The van der Waals surface area contributed by atoms with Gasteiger partial charge in [-0.1, -0.05) is 27.2 Å². The maximum atomic E-state index is 13.7. The largest absolute Gasteiger partial charge is 0.344 e. The highest BCUT2D eigenvalue weighted by molar-refractivity contribution is 9.10. The Kier molecular flexibility index (Phi) is 5.01. The van der Waals surface area contributed by atoms with Crippen molar-refractivity contribution in [2.75, 3.05) is 5.75 Å². The maximum absolute atomic E-state index is 13.7. The van der Waals surface area contributed by atoms with Crippen LogP contribution in [0.25, 0.3) is 5.69 Å². The summed E-state index contributed by atoms with van der Waals surface area (Å²) in [4.78, 5) is 13.8. The fourth-order valence-corrected chi connectivity index (χ4v) is 4.63. The SMILES string of the molecule is Cc1c(C(=O)NC2CCSc3ccc(F)cc32)nnn1-c1cccc(Br)c1. The molecule has 3 aromatic rings. The third-order valence-electron chi connectivity index (χ3n) is 4.48. The van der Waals surface area contributed by atoms with E-state index in [0.29, 0.717) is 5.69 Å². The zero-order valence-corrected chi connectivity index (χ0v) is 16.8. The molecule has 0 spiro atoms. The van der Waals surface area contributed by atoms with Gasteiger partial charge in [0.1, 0.15) is 5.82 Å². The first-order valence-electron chi connectivity index (χ1n) is 8.44. The summed E-state index contributed by atoms with van der Waals surface area (Å²) in [5.41, 5.74) is 2.55. The minimum atomic E-state index is -0.305. The lowest BCUT2D eigenvalue weighted by Crippen LogP contribution is -2.31. The van der Waals surface area contributed by atoms with Gasteiger partial charge in [-0.25, -0.2) is 9.07 Å². The van der Waals surface area contributed by atoms with Crippen molar-refractivity contribution in [3.63, 3.8) is 0 Å². The van der Waals surface area contributed by atoms with Gasteiger partial charge in [0.25, 0.3) is 5.91 Å². The molecule has 138 valence electrons. The highest BCUT2D eigenvalue weighted by atomic mass is 79.9. The first kappa shape index (κ1) is 18.2. The van der Waals surface area contributed by atoms with Crippen molar-refractivity contribution in [2.24, 2.45) is 0 Å². The summed E-state index contributed by atoms with van der Waals surface area (Å²) in [7, 11) is 0. The number of amides is 1. The molecule has 1 amide bonds. The molecule has 0 radical (unpaired) electrons. The smallest absolute Gasteiger partial charge is 0.274 e. The lowest BCUT2D eigenvalue weighted by Gasteiger charge is -2.25. The van der Waals surface area contributed by atoms with E-state index in [1.807, 2.05) is 24.3 Å². The Morgan fingerprint density at radius 3 is 3.00 bits per heavy atom. The number of fused-ring (bicyclic) bond motifs is 1. The van der Waals surface area contributed by atoms with Crippen LogP contribution in [0.1, 0.15) is 34.2 Å². The average molecular weight is 447 g/mol. The zero-order chi connectivity index (χ0) is 19.0. The predicted octanol–water partition coefficient (Wildman–Crippen LogP) is 4.44. The topological polar surface area (TPSA) is 59.8 Å². The maximum Gasteiger partial charge on any atom is 0.274 e. The van der Waals surface area contributed by atoms with E-state index in [9.17, 15) is 9.18 Å². The number of hydrogen-bond acceptors (Lipinski definition) is 4. The molecule has 0 saturated carbocycles. The molecule has 1 unspecified atom stereocenters. The Bertz CT molecular complexity index is 1020. The van der Waals surface area contributed by atoms with Gasteiger partial charge in [0.15, 0.2) is 5.69 Å². The quantitative estimate of drug-likeness (QED) is 0.645. The molecule has 1 N–H and O–H groups in total. The number of carbonyl (C=O) groups is 1. The van der Waals surface area contributed by atoms with E-state index in [0.717, 1.165) is 32.8 Å². The van der Waals surface area contributed by atoms with Crippen LogP contribution >= 0.6 is 27.7 Å². The molecule has 1 aliphatic rings. The summed E-state index contributed by atoms with van der Waals surface area (Å²) in [5.74, 6) is 0.265. The lowest BCUT2D eigenvalue weighted by atomic mass is 10.0. The molecule has 27 heavy (non-hydrogen) atoms. The second-order valence-electron chi connectivity index (χ2n) is 6.26. The summed E-state index contributed by atoms with van der Waals surface area (Å²) >= 11 is 5.11. The van der Waals surface area contributed by atoms with E-state index in [-0.39, 0.29) is 23.5 Å². The monoisotopic (exact) mass is 446 g/mol. The molecular formula is C19H16BrFN4OS. The molecular weight excluding hydrogens is 431 g/mol. The number of rotatable bonds is 3. The van der Waals surface area contributed by atoms with E-state index >= 15 is 0 Å². The number of hydrogen-bond donors (Lipinski definition) is 1. The van der Waals surface area contributed by atoms with Crippen molar-refractivity contribution >= 4 is 33.6 Å². The number of thioether (sulfide) groups is 1. The van der Waals surface area contributed by atoms with E-state index < -0.39 is 0 Å². The Labute approximate surface area is 168 Å². The molecule has 2 aromatic carbocycles. The molecule has 4 rings (SSSR count). The zero-order valence-electron chi connectivity index (χ0n) is 14.4. The van der Waals surface area contributed by atoms with E-state index in [1.54, 1.807) is 29.4 Å². The number of nitrogens with one attached hydrogen (secondary N) is 1. The van der Waals surface area contributed by atoms with E-state index in [2.05, 4.69) is 31.6 Å². The lowest BCUT2D eigenvalue weighted by molar-refractivity contribution is 0.0929. The normalized spacial score (nSPS) is 16.0. The van der Waals surface area contributed by atoms with Crippen molar-refractivity contribution in [1.29, 1.82) is 0 Å². The number of benzene rings is 2. The summed E-state index contributed by atoms with van der Waals surface area (Å²) in [6.07, 6.45) is 0.742. The van der Waals surface area contributed by atoms with Crippen molar-refractivity contribution in [3.05, 3.63) is 69.7 Å². The molecule has 8 heteroatoms. The van der Waals surface area contributed by atoms with Gasteiger partial charge in [0.05, 0.1) is 17.4 Å². The summed E-state index contributed by atoms with van der Waals surface area (Å²) in [5, 5.41) is 11.2. The average Bonchev–Trinajstić information content (AvgIpc) is 3.04. The fourth-order valence-electron chi connectivity index (χ4n) is 3.13. The van der Waals surface area contributed by atoms with Gasteiger partial charge < -0.3 is 5.32 Å². The minimum Gasteiger partial charge on any atom is -0.344 e. The molecule has 1 atom stereocenters. The molecule has 0 bridgehead atoms. The van der Waals surface area contributed by atoms with Crippen LogP contribution in [0.4, 0.5) is 4.39 Å². The molecule has 0 saturated heterocycles. The molecule has 0 aliphatic carbocycles. The highest BCUT2D eigenvalue weighted by Gasteiger charge is 2.26. The van der Waals surface area contributed by atoms with Crippen LogP contribution in [0, 0.1) is 12.7 Å². The van der Waals surface area contributed by atoms with Crippen LogP contribution in [0.15, 0.2) is 51.8 Å². The van der Waals surface area contributed by atoms with Crippen LogP contribution in [0.5, 0.6) is 0 Å². The predicted molar refractivity (Wildman–Crippen MR) is 106 cm³/mol. The van der Waals surface area contributed by atoms with Gasteiger partial charge in [0.2, 0.25) is 0 Å². The van der Waals surface area contributed by atoms with Gasteiger partial charge >= 0.3 is 0 Å². The number of halogens is 2. The molecule has 0 fully saturated rings. The third-order valence-corrected chi connectivity index (χ3v) is 6.09. The second-order valence-corrected chi connectivity index (χ2v) is 8.31. The first-order chi connectivity index (χ1) is 13.0. The van der Waals surface area contributed by atoms with Gasteiger partial charge in [-0.05, 0) is 55.3 Å². The van der Waals surface area contributed by atoms with Crippen molar-refractivity contribution < 1.29 is 9.18 Å².